The van der Waals surface area contributed by atoms with Gasteiger partial charge in [-0.2, -0.15) is 0 Å². The van der Waals surface area contributed by atoms with Crippen molar-refractivity contribution in [3.8, 4) is 11.1 Å². The van der Waals surface area contributed by atoms with Crippen molar-refractivity contribution in [1.29, 1.82) is 0 Å². The monoisotopic (exact) mass is 521 g/mol. The fourth-order valence-electron chi connectivity index (χ4n) is 5.44. The van der Waals surface area contributed by atoms with Gasteiger partial charge < -0.3 is 10.2 Å². The third-order valence-electron chi connectivity index (χ3n) is 7.34. The summed E-state index contributed by atoms with van der Waals surface area (Å²) in [5.74, 6) is -2.00. The molecule has 2 aromatic carbocycles. The summed E-state index contributed by atoms with van der Waals surface area (Å²) in [5, 5.41) is 12.3. The van der Waals surface area contributed by atoms with Crippen LogP contribution in [0.25, 0.3) is 11.1 Å². The lowest BCUT2D eigenvalue weighted by Crippen LogP contribution is -2.51. The van der Waals surface area contributed by atoms with E-state index in [0.717, 1.165) is 29.5 Å². The molecule has 0 aliphatic carbocycles. The average Bonchev–Trinajstić information content (AvgIpc) is 3.06. The smallest absolute Gasteiger partial charge is 0.247 e. The van der Waals surface area contributed by atoms with Crippen molar-refractivity contribution < 1.29 is 19.6 Å². The zero-order chi connectivity index (χ0) is 27.7. The van der Waals surface area contributed by atoms with Crippen molar-refractivity contribution in [3.63, 3.8) is 0 Å². The molecule has 1 fully saturated rings. The van der Waals surface area contributed by atoms with Crippen LogP contribution in [0.2, 0.25) is 0 Å². The molecule has 1 aliphatic rings. The Kier molecular flexibility index (Phi) is 10.9. The van der Waals surface area contributed by atoms with Crippen LogP contribution in [0.15, 0.2) is 48.5 Å². The molecule has 3 N–H and O–H groups in total. The van der Waals surface area contributed by atoms with Gasteiger partial charge in [-0.15, -0.1) is 0 Å². The highest BCUT2D eigenvalue weighted by atomic mass is 16.5. The molecular weight excluding hydrogens is 478 g/mol. The van der Waals surface area contributed by atoms with E-state index >= 15 is 0 Å². The molecule has 3 amide bonds. The van der Waals surface area contributed by atoms with Gasteiger partial charge >= 0.3 is 0 Å². The minimum absolute atomic E-state index is 0.0845. The zero-order valence-corrected chi connectivity index (χ0v) is 23.2. The van der Waals surface area contributed by atoms with Gasteiger partial charge in [0.05, 0.1) is 5.92 Å². The fourth-order valence-corrected chi connectivity index (χ4v) is 5.44. The molecule has 1 heterocycles. The van der Waals surface area contributed by atoms with Gasteiger partial charge in [0.25, 0.3) is 0 Å². The lowest BCUT2D eigenvalue weighted by atomic mass is 9.81. The molecule has 0 saturated carbocycles. The Hall–Kier alpha value is -3.19. The summed E-state index contributed by atoms with van der Waals surface area (Å²) >= 11 is 0. The molecule has 3 rings (SSSR count). The van der Waals surface area contributed by atoms with Crippen molar-refractivity contribution in [3.05, 3.63) is 59.7 Å². The first-order valence-corrected chi connectivity index (χ1v) is 13.9. The number of hydrogen-bond donors (Lipinski definition) is 3. The summed E-state index contributed by atoms with van der Waals surface area (Å²) in [6, 6.07) is 16.0. The van der Waals surface area contributed by atoms with Crippen LogP contribution in [0.4, 0.5) is 0 Å². The van der Waals surface area contributed by atoms with E-state index < -0.39 is 23.8 Å². The molecule has 0 radical (unpaired) electrons. The molecule has 3 atom stereocenters. The van der Waals surface area contributed by atoms with Crippen LogP contribution in [-0.2, 0) is 20.9 Å². The normalized spacial score (nSPS) is 17.6. The largest absolute Gasteiger partial charge is 0.344 e. The SMILES string of the molecule is CCC[C@H](C(=O)NO)[C@@H](CC(C)C)C(=O)N[C@H]1CCCCN(Cc2cccc(-c3cccc(C)c3)c2)C1=O. The molecule has 2 aromatic rings. The average molecular weight is 522 g/mol. The quantitative estimate of drug-likeness (QED) is 0.278. The number of benzene rings is 2. The van der Waals surface area contributed by atoms with E-state index in [1.54, 1.807) is 5.48 Å². The Bertz CT molecular complexity index is 1100. The van der Waals surface area contributed by atoms with E-state index in [4.69, 9.17) is 0 Å². The Morgan fingerprint density at radius 1 is 1.03 bits per heavy atom. The number of hydrogen-bond acceptors (Lipinski definition) is 4. The van der Waals surface area contributed by atoms with Crippen molar-refractivity contribution in [2.45, 2.75) is 78.8 Å². The van der Waals surface area contributed by atoms with Gasteiger partial charge in [0.2, 0.25) is 17.7 Å². The number of likely N-dealkylation sites (tertiary alicyclic amines) is 1. The Balaban J connectivity index is 1.76. The van der Waals surface area contributed by atoms with Crippen molar-refractivity contribution in [2.24, 2.45) is 17.8 Å². The lowest BCUT2D eigenvalue weighted by molar-refractivity contribution is -0.143. The summed E-state index contributed by atoms with van der Waals surface area (Å²) in [5.41, 5.74) is 6.24. The fraction of sp³-hybridized carbons (Fsp3) is 0.516. The third-order valence-corrected chi connectivity index (χ3v) is 7.34. The van der Waals surface area contributed by atoms with Crippen LogP contribution < -0.4 is 10.8 Å². The van der Waals surface area contributed by atoms with E-state index in [-0.39, 0.29) is 17.7 Å². The van der Waals surface area contributed by atoms with Crippen LogP contribution in [0.3, 0.4) is 0 Å². The Morgan fingerprint density at radius 2 is 1.74 bits per heavy atom. The summed E-state index contributed by atoms with van der Waals surface area (Å²) in [4.78, 5) is 41.4. The molecular formula is C31H43N3O4. The van der Waals surface area contributed by atoms with E-state index in [1.807, 2.05) is 43.9 Å². The van der Waals surface area contributed by atoms with Gasteiger partial charge in [0.1, 0.15) is 6.04 Å². The van der Waals surface area contributed by atoms with Gasteiger partial charge in [0, 0.05) is 19.0 Å². The van der Waals surface area contributed by atoms with Gasteiger partial charge in [-0.3, -0.25) is 19.6 Å². The summed E-state index contributed by atoms with van der Waals surface area (Å²) in [6.07, 6.45) is 3.97. The number of amides is 3. The molecule has 1 aliphatic heterocycles. The zero-order valence-electron chi connectivity index (χ0n) is 23.2. The molecule has 1 saturated heterocycles. The minimum atomic E-state index is -0.645. The van der Waals surface area contributed by atoms with Gasteiger partial charge in [-0.25, -0.2) is 5.48 Å². The van der Waals surface area contributed by atoms with Crippen LogP contribution in [-0.4, -0.2) is 40.4 Å². The highest BCUT2D eigenvalue weighted by Gasteiger charge is 2.36. The molecule has 7 nitrogen and oxygen atoms in total. The van der Waals surface area contributed by atoms with Gasteiger partial charge in [-0.05, 0) is 67.7 Å². The molecule has 0 aromatic heterocycles. The lowest BCUT2D eigenvalue weighted by Gasteiger charge is -2.29. The topological polar surface area (TPSA) is 98.7 Å². The van der Waals surface area contributed by atoms with Crippen LogP contribution in [0.5, 0.6) is 0 Å². The highest BCUT2D eigenvalue weighted by molar-refractivity contribution is 5.91. The second-order valence-electron chi connectivity index (χ2n) is 11.0. The summed E-state index contributed by atoms with van der Waals surface area (Å²) in [6.45, 7) is 9.15. The van der Waals surface area contributed by atoms with Crippen LogP contribution >= 0.6 is 0 Å². The van der Waals surface area contributed by atoms with Gasteiger partial charge in [-0.1, -0.05) is 75.2 Å². The number of nitrogens with zero attached hydrogens (tertiary/aromatic N) is 1. The molecule has 0 spiro atoms. The molecule has 7 heteroatoms. The predicted octanol–water partition coefficient (Wildman–Crippen LogP) is 5.24. The third kappa shape index (κ3) is 7.90. The number of hydroxylamine groups is 1. The van der Waals surface area contributed by atoms with E-state index in [0.29, 0.717) is 38.8 Å². The number of carbonyl (C=O) groups excluding carboxylic acids is 3. The maximum atomic E-state index is 13.6. The molecule has 206 valence electrons. The minimum Gasteiger partial charge on any atom is -0.344 e. The first-order valence-electron chi connectivity index (χ1n) is 13.9. The standard InChI is InChI=1S/C31H43N3O4/c1-5-10-26(30(36)33-38)27(17-21(2)3)29(35)32-28-15-6-7-16-34(31(28)37)20-23-12-9-14-25(19-23)24-13-8-11-22(4)18-24/h8-9,11-14,18-19,21,26-28,38H,5-7,10,15-17,20H2,1-4H3,(H,32,35)(H,33,36)/t26-,27+,28-/m0/s1. The number of rotatable bonds is 11. The Morgan fingerprint density at radius 3 is 2.39 bits per heavy atom. The van der Waals surface area contributed by atoms with Crippen molar-refractivity contribution in [1.82, 2.24) is 15.7 Å². The van der Waals surface area contributed by atoms with E-state index in [1.165, 1.54) is 5.56 Å². The first-order chi connectivity index (χ1) is 18.2. The highest BCUT2D eigenvalue weighted by Crippen LogP contribution is 2.27. The van der Waals surface area contributed by atoms with E-state index in [2.05, 4.69) is 42.6 Å². The summed E-state index contributed by atoms with van der Waals surface area (Å²) < 4.78 is 0. The van der Waals surface area contributed by atoms with Crippen molar-refractivity contribution in [2.75, 3.05) is 6.54 Å². The maximum Gasteiger partial charge on any atom is 0.247 e. The second kappa shape index (κ2) is 14.1. The molecule has 0 unspecified atom stereocenters. The van der Waals surface area contributed by atoms with Gasteiger partial charge in [0.15, 0.2) is 0 Å². The molecule has 0 bridgehead atoms. The van der Waals surface area contributed by atoms with Crippen molar-refractivity contribution >= 4 is 17.7 Å². The number of nitrogens with one attached hydrogen (secondary N) is 2. The summed E-state index contributed by atoms with van der Waals surface area (Å²) in [7, 11) is 0. The maximum absolute atomic E-state index is 13.6. The second-order valence-corrected chi connectivity index (χ2v) is 11.0. The first kappa shape index (κ1) is 29.4. The number of aryl methyl sites for hydroxylation is 1. The van der Waals surface area contributed by atoms with Crippen LogP contribution in [0, 0.1) is 24.7 Å². The Labute approximate surface area is 227 Å². The van der Waals surface area contributed by atoms with Crippen LogP contribution in [0.1, 0.15) is 70.4 Å². The number of carbonyl (C=O) groups is 3. The predicted molar refractivity (Wildman–Crippen MR) is 149 cm³/mol. The molecule has 38 heavy (non-hydrogen) atoms. The van der Waals surface area contributed by atoms with E-state index in [9.17, 15) is 19.6 Å².